The van der Waals surface area contributed by atoms with E-state index < -0.39 is 0 Å². The molecule has 2 aromatic rings. The third-order valence-corrected chi connectivity index (χ3v) is 3.91. The number of amides is 1. The average Bonchev–Trinajstić information content (AvgIpc) is 3.05. The van der Waals surface area contributed by atoms with E-state index in [0.29, 0.717) is 12.3 Å². The summed E-state index contributed by atoms with van der Waals surface area (Å²) in [6.07, 6.45) is 0. The van der Waals surface area contributed by atoms with Crippen LogP contribution in [-0.4, -0.2) is 24.2 Å². The Morgan fingerprint density at radius 1 is 1.38 bits per heavy atom. The maximum atomic E-state index is 12.2. The molecule has 1 atom stereocenters. The first kappa shape index (κ1) is 15.5. The Hall–Kier alpha value is -1.85. The summed E-state index contributed by atoms with van der Waals surface area (Å²) in [7, 11) is 0. The summed E-state index contributed by atoms with van der Waals surface area (Å²) in [6.45, 7) is 2.52. The van der Waals surface area contributed by atoms with Gasteiger partial charge in [-0.15, -0.1) is 0 Å². The molecule has 0 aliphatic heterocycles. The van der Waals surface area contributed by atoms with Crippen molar-refractivity contribution in [1.29, 1.82) is 0 Å². The van der Waals surface area contributed by atoms with Crippen molar-refractivity contribution in [3.8, 4) is 5.75 Å². The predicted molar refractivity (Wildman–Crippen MR) is 83.6 cm³/mol. The highest BCUT2D eigenvalue weighted by atomic mass is 32.1. The van der Waals surface area contributed by atoms with Gasteiger partial charge in [-0.1, -0.05) is 18.2 Å². The second-order valence-electron chi connectivity index (χ2n) is 4.68. The van der Waals surface area contributed by atoms with E-state index in [-0.39, 0.29) is 25.0 Å². The van der Waals surface area contributed by atoms with Crippen molar-refractivity contribution in [3.63, 3.8) is 0 Å². The van der Waals surface area contributed by atoms with Crippen LogP contribution in [-0.2, 0) is 11.3 Å². The zero-order valence-corrected chi connectivity index (χ0v) is 12.7. The highest BCUT2D eigenvalue weighted by Crippen LogP contribution is 2.20. The van der Waals surface area contributed by atoms with Crippen LogP contribution in [0.4, 0.5) is 0 Å². The van der Waals surface area contributed by atoms with Crippen LogP contribution in [0.5, 0.6) is 5.75 Å². The Morgan fingerprint density at radius 3 is 2.90 bits per heavy atom. The van der Waals surface area contributed by atoms with Gasteiger partial charge in [-0.05, 0) is 35.4 Å². The summed E-state index contributed by atoms with van der Waals surface area (Å²) < 4.78 is 5.45. The molecule has 2 N–H and O–H groups in total. The van der Waals surface area contributed by atoms with Crippen LogP contribution >= 0.6 is 11.3 Å². The van der Waals surface area contributed by atoms with Crippen LogP contribution in [0, 0.1) is 0 Å². The molecule has 1 aromatic carbocycles. The molecule has 0 saturated heterocycles. The maximum Gasteiger partial charge on any atom is 0.227 e. The van der Waals surface area contributed by atoms with Gasteiger partial charge in [-0.2, -0.15) is 11.3 Å². The number of hydrogen-bond donors (Lipinski definition) is 2. The Bertz CT molecular complexity index is 569. The number of nitrogens with one attached hydrogen (secondary N) is 1. The highest BCUT2D eigenvalue weighted by Gasteiger charge is 2.15. The van der Waals surface area contributed by atoms with Crippen molar-refractivity contribution in [2.75, 3.05) is 13.2 Å². The summed E-state index contributed by atoms with van der Waals surface area (Å²) in [6, 6.07) is 9.47. The molecule has 1 unspecified atom stereocenters. The van der Waals surface area contributed by atoms with Crippen molar-refractivity contribution in [2.45, 2.75) is 19.4 Å². The molecule has 0 fully saturated rings. The topological polar surface area (TPSA) is 58.6 Å². The number of thiophene rings is 1. The molecular weight excluding hydrogens is 286 g/mol. The monoisotopic (exact) mass is 305 g/mol. The molecule has 0 spiro atoms. The number of aliphatic hydroxyl groups excluding tert-OH is 1. The van der Waals surface area contributed by atoms with Crippen molar-refractivity contribution in [3.05, 3.63) is 52.2 Å². The number of para-hydroxylation sites is 1. The summed E-state index contributed by atoms with van der Waals surface area (Å²) >= 11 is 1.59. The van der Waals surface area contributed by atoms with Crippen LogP contribution in [0.1, 0.15) is 24.0 Å². The molecule has 5 heteroatoms. The van der Waals surface area contributed by atoms with Crippen LogP contribution in [0.15, 0.2) is 41.1 Å². The van der Waals surface area contributed by atoms with Crippen molar-refractivity contribution >= 4 is 17.2 Å². The van der Waals surface area contributed by atoms with Gasteiger partial charge in [0.2, 0.25) is 5.91 Å². The summed E-state index contributed by atoms with van der Waals surface area (Å²) in [5.74, 6) is 0.516. The quantitative estimate of drug-likeness (QED) is 0.826. The number of aliphatic hydroxyl groups is 1. The zero-order chi connectivity index (χ0) is 15.1. The number of carbonyl (C=O) groups is 1. The lowest BCUT2D eigenvalue weighted by molar-refractivity contribution is -0.122. The largest absolute Gasteiger partial charge is 0.491 e. The van der Waals surface area contributed by atoms with Crippen LogP contribution in [0.3, 0.4) is 0 Å². The normalized spacial score (nSPS) is 11.9. The van der Waals surface area contributed by atoms with E-state index in [1.54, 1.807) is 11.3 Å². The standard InChI is InChI=1S/C16H19NO3S/c1-12(14-6-9-21-11-14)16(19)17-10-13-4-2-3-5-15(13)20-8-7-18/h2-6,9,11-12,18H,7-8,10H2,1H3,(H,17,19). The minimum Gasteiger partial charge on any atom is -0.491 e. The van der Waals surface area contributed by atoms with E-state index in [1.165, 1.54) is 0 Å². The van der Waals surface area contributed by atoms with Crippen molar-refractivity contribution in [2.24, 2.45) is 0 Å². The molecule has 1 aromatic heterocycles. The predicted octanol–water partition coefficient (Wildman–Crippen LogP) is 2.54. The van der Waals surface area contributed by atoms with Gasteiger partial charge in [0, 0.05) is 12.1 Å². The first-order chi connectivity index (χ1) is 10.2. The molecule has 2 rings (SSSR count). The molecule has 0 saturated carbocycles. The first-order valence-electron chi connectivity index (χ1n) is 6.83. The number of carbonyl (C=O) groups excluding carboxylic acids is 1. The molecule has 1 heterocycles. The van der Waals surface area contributed by atoms with E-state index in [9.17, 15) is 4.79 Å². The van der Waals surface area contributed by atoms with Gasteiger partial charge in [-0.25, -0.2) is 0 Å². The van der Waals surface area contributed by atoms with Gasteiger partial charge in [-0.3, -0.25) is 4.79 Å². The smallest absolute Gasteiger partial charge is 0.227 e. The molecule has 0 radical (unpaired) electrons. The number of benzene rings is 1. The van der Waals surface area contributed by atoms with Crippen molar-refractivity contribution in [1.82, 2.24) is 5.32 Å². The van der Waals surface area contributed by atoms with Gasteiger partial charge in [0.25, 0.3) is 0 Å². The molecular formula is C16H19NO3S. The summed E-state index contributed by atoms with van der Waals surface area (Å²) in [5, 5.41) is 15.7. The number of hydrogen-bond acceptors (Lipinski definition) is 4. The van der Waals surface area contributed by atoms with Gasteiger partial charge in [0.15, 0.2) is 0 Å². The Labute approximate surface area is 128 Å². The Kier molecular flexibility index (Phi) is 5.78. The first-order valence-corrected chi connectivity index (χ1v) is 7.78. The van der Waals surface area contributed by atoms with Crippen LogP contribution in [0.2, 0.25) is 0 Å². The molecule has 112 valence electrons. The van der Waals surface area contributed by atoms with E-state index >= 15 is 0 Å². The Morgan fingerprint density at radius 2 is 2.19 bits per heavy atom. The SMILES string of the molecule is CC(C(=O)NCc1ccccc1OCCO)c1ccsc1. The maximum absolute atomic E-state index is 12.2. The molecule has 0 bridgehead atoms. The van der Waals surface area contributed by atoms with E-state index in [4.69, 9.17) is 9.84 Å². The number of ether oxygens (including phenoxy) is 1. The van der Waals surface area contributed by atoms with Gasteiger partial charge in [0.1, 0.15) is 12.4 Å². The third-order valence-electron chi connectivity index (χ3n) is 3.21. The second-order valence-corrected chi connectivity index (χ2v) is 5.46. The van der Waals surface area contributed by atoms with Crippen molar-refractivity contribution < 1.29 is 14.6 Å². The number of rotatable bonds is 7. The molecule has 0 aliphatic rings. The fourth-order valence-corrected chi connectivity index (χ4v) is 2.71. The molecule has 0 aliphatic carbocycles. The summed E-state index contributed by atoms with van der Waals surface area (Å²) in [5.41, 5.74) is 1.93. The third kappa shape index (κ3) is 4.31. The van der Waals surface area contributed by atoms with Gasteiger partial charge >= 0.3 is 0 Å². The molecule has 1 amide bonds. The van der Waals surface area contributed by atoms with Crippen LogP contribution in [0.25, 0.3) is 0 Å². The lowest BCUT2D eigenvalue weighted by Crippen LogP contribution is -2.27. The van der Waals surface area contributed by atoms with E-state index in [0.717, 1.165) is 11.1 Å². The molecule has 21 heavy (non-hydrogen) atoms. The fraction of sp³-hybridized carbons (Fsp3) is 0.312. The lowest BCUT2D eigenvalue weighted by Gasteiger charge is -2.14. The minimum atomic E-state index is -0.165. The van der Waals surface area contributed by atoms with Gasteiger partial charge < -0.3 is 15.2 Å². The average molecular weight is 305 g/mol. The van der Waals surface area contributed by atoms with E-state index in [1.807, 2.05) is 48.0 Å². The minimum absolute atomic E-state index is 0.00892. The Balaban J connectivity index is 1.95. The second kappa shape index (κ2) is 7.81. The summed E-state index contributed by atoms with van der Waals surface area (Å²) in [4.78, 5) is 12.2. The zero-order valence-electron chi connectivity index (χ0n) is 11.9. The fourth-order valence-electron chi connectivity index (χ4n) is 1.95. The van der Waals surface area contributed by atoms with Gasteiger partial charge in [0.05, 0.1) is 12.5 Å². The van der Waals surface area contributed by atoms with Crippen LogP contribution < -0.4 is 10.1 Å². The molecule has 4 nitrogen and oxygen atoms in total. The van der Waals surface area contributed by atoms with E-state index in [2.05, 4.69) is 5.32 Å². The lowest BCUT2D eigenvalue weighted by atomic mass is 10.0. The highest BCUT2D eigenvalue weighted by molar-refractivity contribution is 7.08.